The van der Waals surface area contributed by atoms with Crippen molar-refractivity contribution < 1.29 is 9.90 Å². The van der Waals surface area contributed by atoms with Crippen LogP contribution in [0.15, 0.2) is 36.7 Å². The zero-order valence-electron chi connectivity index (χ0n) is 11.6. The second-order valence-corrected chi connectivity index (χ2v) is 4.52. The van der Waals surface area contributed by atoms with Crippen molar-refractivity contribution in [2.24, 2.45) is 0 Å². The number of carbonyl (C=O) groups is 1. The summed E-state index contributed by atoms with van der Waals surface area (Å²) in [6, 6.07) is 7.15. The van der Waals surface area contributed by atoms with Crippen LogP contribution in [-0.2, 0) is 6.54 Å². The highest BCUT2D eigenvalue weighted by atomic mass is 16.3. The molecule has 1 amide bonds. The second-order valence-electron chi connectivity index (χ2n) is 4.52. The molecule has 2 heterocycles. The van der Waals surface area contributed by atoms with Crippen LogP contribution in [0.4, 0.5) is 0 Å². The molecule has 0 aliphatic rings. The molecule has 0 aliphatic heterocycles. The summed E-state index contributed by atoms with van der Waals surface area (Å²) in [5, 5.41) is 9.40. The highest BCUT2D eigenvalue weighted by Gasteiger charge is 2.16. The van der Waals surface area contributed by atoms with Crippen molar-refractivity contribution in [1.29, 1.82) is 0 Å². The van der Waals surface area contributed by atoms with Crippen LogP contribution in [0.3, 0.4) is 0 Å². The Morgan fingerprint density at radius 1 is 1.35 bits per heavy atom. The maximum absolute atomic E-state index is 12.4. The van der Waals surface area contributed by atoms with Gasteiger partial charge >= 0.3 is 0 Å². The molecule has 0 fully saturated rings. The van der Waals surface area contributed by atoms with Gasteiger partial charge in [0.05, 0.1) is 24.0 Å². The van der Waals surface area contributed by atoms with E-state index in [2.05, 4.69) is 9.97 Å². The molecule has 2 aromatic heterocycles. The van der Waals surface area contributed by atoms with Gasteiger partial charge in [0.1, 0.15) is 5.75 Å². The van der Waals surface area contributed by atoms with E-state index < -0.39 is 0 Å². The number of rotatable bonds is 4. The largest absolute Gasteiger partial charge is 0.506 e. The van der Waals surface area contributed by atoms with Crippen molar-refractivity contribution >= 4 is 5.91 Å². The van der Waals surface area contributed by atoms with Gasteiger partial charge < -0.3 is 10.0 Å². The van der Waals surface area contributed by atoms with Crippen molar-refractivity contribution in [1.82, 2.24) is 14.9 Å². The van der Waals surface area contributed by atoms with Crippen molar-refractivity contribution in [2.45, 2.75) is 20.4 Å². The van der Waals surface area contributed by atoms with Crippen LogP contribution in [0, 0.1) is 6.92 Å². The fraction of sp³-hybridized carbons (Fsp3) is 0.267. The standard InChI is InChI=1S/C15H17N3O2/c1-3-18(10-13-6-4-5-11(2)17-13)15(20)12-7-14(19)9-16-8-12/h4-9,19H,3,10H2,1-2H3. The Balaban J connectivity index is 2.18. The quantitative estimate of drug-likeness (QED) is 0.925. The summed E-state index contributed by atoms with van der Waals surface area (Å²) >= 11 is 0. The number of amides is 1. The average molecular weight is 271 g/mol. The molecular weight excluding hydrogens is 254 g/mol. The van der Waals surface area contributed by atoms with Gasteiger partial charge in [-0.25, -0.2) is 0 Å². The molecule has 0 aliphatic carbocycles. The molecule has 20 heavy (non-hydrogen) atoms. The lowest BCUT2D eigenvalue weighted by Crippen LogP contribution is -2.30. The maximum atomic E-state index is 12.4. The molecule has 0 atom stereocenters. The molecule has 0 saturated heterocycles. The number of carbonyl (C=O) groups excluding carboxylic acids is 1. The van der Waals surface area contributed by atoms with E-state index in [1.54, 1.807) is 4.90 Å². The first-order valence-corrected chi connectivity index (χ1v) is 6.46. The van der Waals surface area contributed by atoms with Crippen LogP contribution in [0.1, 0.15) is 28.7 Å². The minimum absolute atomic E-state index is 0.0133. The highest BCUT2D eigenvalue weighted by molar-refractivity contribution is 5.94. The summed E-state index contributed by atoms with van der Waals surface area (Å²) in [5.74, 6) is -0.181. The Labute approximate surface area is 117 Å². The summed E-state index contributed by atoms with van der Waals surface area (Å²) in [6.45, 7) is 4.82. The van der Waals surface area contributed by atoms with Gasteiger partial charge in [-0.15, -0.1) is 0 Å². The molecule has 2 rings (SSSR count). The third-order valence-electron chi connectivity index (χ3n) is 2.94. The number of aromatic nitrogens is 2. The lowest BCUT2D eigenvalue weighted by molar-refractivity contribution is 0.0749. The third-order valence-corrected chi connectivity index (χ3v) is 2.94. The van der Waals surface area contributed by atoms with Gasteiger partial charge in [-0.1, -0.05) is 6.07 Å². The van der Waals surface area contributed by atoms with Crippen LogP contribution in [0.25, 0.3) is 0 Å². The van der Waals surface area contributed by atoms with E-state index in [9.17, 15) is 9.90 Å². The van der Waals surface area contributed by atoms with Gasteiger partial charge in [-0.2, -0.15) is 0 Å². The predicted octanol–water partition coefficient (Wildman–Crippen LogP) is 2.15. The van der Waals surface area contributed by atoms with Crippen molar-refractivity contribution in [3.05, 3.63) is 53.6 Å². The molecule has 5 nitrogen and oxygen atoms in total. The monoisotopic (exact) mass is 271 g/mol. The number of pyridine rings is 2. The van der Waals surface area contributed by atoms with E-state index in [1.807, 2.05) is 32.0 Å². The zero-order valence-corrected chi connectivity index (χ0v) is 11.6. The topological polar surface area (TPSA) is 66.3 Å². The zero-order chi connectivity index (χ0) is 14.5. The van der Waals surface area contributed by atoms with Crippen LogP contribution < -0.4 is 0 Å². The molecule has 1 N–H and O–H groups in total. The predicted molar refractivity (Wildman–Crippen MR) is 75.3 cm³/mol. The number of hydrogen-bond donors (Lipinski definition) is 1. The Morgan fingerprint density at radius 3 is 2.80 bits per heavy atom. The van der Waals surface area contributed by atoms with E-state index in [4.69, 9.17) is 0 Å². The first-order chi connectivity index (χ1) is 9.60. The Bertz CT molecular complexity index is 614. The van der Waals surface area contributed by atoms with Crippen LogP contribution in [0.5, 0.6) is 5.75 Å². The van der Waals surface area contributed by atoms with Gasteiger partial charge in [0.25, 0.3) is 5.91 Å². The molecule has 0 spiro atoms. The number of nitrogens with zero attached hydrogens (tertiary/aromatic N) is 3. The Morgan fingerprint density at radius 2 is 2.15 bits per heavy atom. The minimum Gasteiger partial charge on any atom is -0.506 e. The molecule has 0 saturated carbocycles. The number of aryl methyl sites for hydroxylation is 1. The van der Waals surface area contributed by atoms with E-state index in [0.717, 1.165) is 11.4 Å². The Kier molecular flexibility index (Phi) is 4.30. The SMILES string of the molecule is CCN(Cc1cccc(C)n1)C(=O)c1cncc(O)c1. The molecule has 5 heteroatoms. The fourth-order valence-corrected chi connectivity index (χ4v) is 1.94. The van der Waals surface area contributed by atoms with Gasteiger partial charge in [-0.05, 0) is 32.0 Å². The van der Waals surface area contributed by atoms with Gasteiger partial charge in [0.2, 0.25) is 0 Å². The second kappa shape index (κ2) is 6.14. The summed E-state index contributed by atoms with van der Waals surface area (Å²) in [4.78, 5) is 22.3. The molecular formula is C15H17N3O2. The number of hydrogen-bond acceptors (Lipinski definition) is 4. The van der Waals surface area contributed by atoms with E-state index in [1.165, 1.54) is 18.5 Å². The number of aromatic hydroxyl groups is 1. The molecule has 0 bridgehead atoms. The van der Waals surface area contributed by atoms with Crippen molar-refractivity contribution in [2.75, 3.05) is 6.54 Å². The van der Waals surface area contributed by atoms with Crippen LogP contribution in [-0.4, -0.2) is 32.4 Å². The first-order valence-electron chi connectivity index (χ1n) is 6.46. The summed E-state index contributed by atoms with van der Waals surface area (Å²) in [7, 11) is 0. The lowest BCUT2D eigenvalue weighted by atomic mass is 10.2. The Hall–Kier alpha value is -2.43. The van der Waals surface area contributed by atoms with E-state index in [0.29, 0.717) is 18.7 Å². The normalized spacial score (nSPS) is 10.3. The minimum atomic E-state index is -0.167. The summed E-state index contributed by atoms with van der Waals surface area (Å²) in [5.41, 5.74) is 2.14. The average Bonchev–Trinajstić information content (AvgIpc) is 2.44. The van der Waals surface area contributed by atoms with Gasteiger partial charge in [0.15, 0.2) is 0 Å². The van der Waals surface area contributed by atoms with E-state index >= 15 is 0 Å². The van der Waals surface area contributed by atoms with Crippen LogP contribution >= 0.6 is 0 Å². The molecule has 104 valence electrons. The molecule has 0 unspecified atom stereocenters. The maximum Gasteiger partial charge on any atom is 0.255 e. The third kappa shape index (κ3) is 3.32. The molecule has 0 aromatic carbocycles. The summed E-state index contributed by atoms with van der Waals surface area (Å²) < 4.78 is 0. The first kappa shape index (κ1) is 14.0. The van der Waals surface area contributed by atoms with Crippen LogP contribution in [0.2, 0.25) is 0 Å². The molecule has 2 aromatic rings. The highest BCUT2D eigenvalue weighted by Crippen LogP contribution is 2.13. The van der Waals surface area contributed by atoms with Gasteiger partial charge in [0, 0.05) is 18.4 Å². The molecule has 0 radical (unpaired) electrons. The lowest BCUT2D eigenvalue weighted by Gasteiger charge is -2.20. The van der Waals surface area contributed by atoms with Gasteiger partial charge in [-0.3, -0.25) is 14.8 Å². The van der Waals surface area contributed by atoms with E-state index in [-0.39, 0.29) is 11.7 Å². The fourth-order valence-electron chi connectivity index (χ4n) is 1.94. The van der Waals surface area contributed by atoms with Crippen molar-refractivity contribution in [3.8, 4) is 5.75 Å². The summed E-state index contributed by atoms with van der Waals surface area (Å²) in [6.07, 6.45) is 2.75. The van der Waals surface area contributed by atoms with Crippen molar-refractivity contribution in [3.63, 3.8) is 0 Å². The smallest absolute Gasteiger partial charge is 0.255 e.